The fourth-order valence-electron chi connectivity index (χ4n) is 1.66. The highest BCUT2D eigenvalue weighted by molar-refractivity contribution is 6.41. The largest absolute Gasteiger partial charge is 0.480 e. The summed E-state index contributed by atoms with van der Waals surface area (Å²) in [6.07, 6.45) is 0.645. The summed E-state index contributed by atoms with van der Waals surface area (Å²) in [7, 11) is 1.59. The molecule has 1 aromatic heterocycles. The van der Waals surface area contributed by atoms with E-state index >= 15 is 0 Å². The molecule has 1 aromatic rings. The molecule has 0 aliphatic carbocycles. The fraction of sp³-hybridized carbons (Fsp3) is 0.500. The van der Waals surface area contributed by atoms with Crippen molar-refractivity contribution in [2.24, 2.45) is 13.0 Å². The van der Waals surface area contributed by atoms with Gasteiger partial charge in [0.2, 0.25) is 0 Å². The van der Waals surface area contributed by atoms with Gasteiger partial charge in [-0.2, -0.15) is 0 Å². The monoisotopic (exact) mass is 306 g/mol. The van der Waals surface area contributed by atoms with Crippen molar-refractivity contribution < 1.29 is 14.7 Å². The molecule has 1 heterocycles. The number of nitrogens with zero attached hydrogens (tertiary/aromatic N) is 1. The van der Waals surface area contributed by atoms with E-state index in [0.29, 0.717) is 6.42 Å². The molecule has 0 aliphatic heterocycles. The van der Waals surface area contributed by atoms with Crippen molar-refractivity contribution in [3.05, 3.63) is 21.9 Å². The van der Waals surface area contributed by atoms with Crippen molar-refractivity contribution >= 4 is 35.1 Å². The molecule has 0 aromatic carbocycles. The van der Waals surface area contributed by atoms with Gasteiger partial charge in [0.05, 0.1) is 5.02 Å². The van der Waals surface area contributed by atoms with E-state index in [-0.39, 0.29) is 21.8 Å². The van der Waals surface area contributed by atoms with Gasteiger partial charge in [0, 0.05) is 7.05 Å². The van der Waals surface area contributed by atoms with Crippen LogP contribution in [0.2, 0.25) is 10.2 Å². The minimum Gasteiger partial charge on any atom is -0.480 e. The van der Waals surface area contributed by atoms with Crippen LogP contribution >= 0.6 is 23.2 Å². The number of carbonyl (C=O) groups excluding carboxylic acids is 1. The Kier molecular flexibility index (Phi) is 5.26. The van der Waals surface area contributed by atoms with Gasteiger partial charge in [0.25, 0.3) is 5.91 Å². The third-order valence-electron chi connectivity index (χ3n) is 3.11. The van der Waals surface area contributed by atoms with Crippen LogP contribution in [0.4, 0.5) is 0 Å². The van der Waals surface area contributed by atoms with Crippen LogP contribution in [-0.4, -0.2) is 27.6 Å². The van der Waals surface area contributed by atoms with E-state index in [9.17, 15) is 9.59 Å². The SMILES string of the molecule is CC[C@@H](C)[C@H](NC(=O)c1cc(Cl)c(Cl)n1C)C(=O)O. The van der Waals surface area contributed by atoms with E-state index in [1.54, 1.807) is 14.0 Å². The number of halogens is 2. The van der Waals surface area contributed by atoms with Crippen molar-refractivity contribution in [2.45, 2.75) is 26.3 Å². The zero-order valence-corrected chi connectivity index (χ0v) is 12.4. The van der Waals surface area contributed by atoms with Crippen LogP contribution in [0.15, 0.2) is 6.07 Å². The Bertz CT molecular complexity index is 499. The number of rotatable bonds is 5. The lowest BCUT2D eigenvalue weighted by molar-refractivity contribution is -0.140. The van der Waals surface area contributed by atoms with Gasteiger partial charge in [-0.25, -0.2) is 4.79 Å². The van der Waals surface area contributed by atoms with E-state index in [1.165, 1.54) is 10.6 Å². The van der Waals surface area contributed by atoms with Crippen LogP contribution in [0, 0.1) is 5.92 Å². The predicted octanol–water partition coefficient (Wildman–Crippen LogP) is 2.56. The first-order chi connectivity index (χ1) is 8.79. The summed E-state index contributed by atoms with van der Waals surface area (Å²) < 4.78 is 1.41. The molecule has 106 valence electrons. The van der Waals surface area contributed by atoms with Crippen LogP contribution in [0.25, 0.3) is 0 Å². The number of hydrogen-bond donors (Lipinski definition) is 2. The van der Waals surface area contributed by atoms with Crippen molar-refractivity contribution in [1.29, 1.82) is 0 Å². The standard InChI is InChI=1S/C12H16Cl2N2O3/c1-4-6(2)9(12(18)19)15-11(17)8-5-7(13)10(14)16(8)3/h5-6,9H,4H2,1-3H3,(H,15,17)(H,18,19)/t6-,9+/m1/s1. The first-order valence-corrected chi connectivity index (χ1v) is 6.59. The molecule has 0 saturated heterocycles. The third kappa shape index (κ3) is 3.42. The number of carbonyl (C=O) groups is 2. The van der Waals surface area contributed by atoms with Crippen LogP contribution in [0.5, 0.6) is 0 Å². The van der Waals surface area contributed by atoms with E-state index < -0.39 is 17.9 Å². The Morgan fingerprint density at radius 2 is 2.05 bits per heavy atom. The van der Waals surface area contributed by atoms with E-state index in [4.69, 9.17) is 28.3 Å². The van der Waals surface area contributed by atoms with Crippen LogP contribution in [0.3, 0.4) is 0 Å². The summed E-state index contributed by atoms with van der Waals surface area (Å²) in [4.78, 5) is 23.2. The zero-order chi connectivity index (χ0) is 14.7. The fourth-order valence-corrected chi connectivity index (χ4v) is 2.03. The summed E-state index contributed by atoms with van der Waals surface area (Å²) >= 11 is 11.7. The molecule has 0 aliphatic rings. The molecule has 0 unspecified atom stereocenters. The van der Waals surface area contributed by atoms with E-state index in [2.05, 4.69) is 5.32 Å². The van der Waals surface area contributed by atoms with Gasteiger partial charge in [0.15, 0.2) is 0 Å². The number of carboxylic acids is 1. The van der Waals surface area contributed by atoms with Gasteiger partial charge in [-0.1, -0.05) is 43.5 Å². The first-order valence-electron chi connectivity index (χ1n) is 5.83. The molecule has 1 amide bonds. The highest BCUT2D eigenvalue weighted by Crippen LogP contribution is 2.25. The summed E-state index contributed by atoms with van der Waals surface area (Å²) in [5.74, 6) is -1.74. The van der Waals surface area contributed by atoms with Gasteiger partial charge in [-0.05, 0) is 12.0 Å². The second-order valence-corrected chi connectivity index (χ2v) is 5.17. The molecular weight excluding hydrogens is 291 g/mol. The molecule has 0 fully saturated rings. The second kappa shape index (κ2) is 6.30. The number of aromatic nitrogens is 1. The Hall–Kier alpha value is -1.20. The Morgan fingerprint density at radius 1 is 1.47 bits per heavy atom. The number of carboxylic acid groups (broad SMARTS) is 1. The summed E-state index contributed by atoms with van der Waals surface area (Å²) in [6.45, 7) is 3.63. The highest BCUT2D eigenvalue weighted by atomic mass is 35.5. The first kappa shape index (κ1) is 15.9. The Balaban J connectivity index is 2.94. The minimum atomic E-state index is -1.06. The highest BCUT2D eigenvalue weighted by Gasteiger charge is 2.27. The molecule has 0 saturated carbocycles. The lowest BCUT2D eigenvalue weighted by Gasteiger charge is -2.20. The van der Waals surface area contributed by atoms with Crippen molar-refractivity contribution in [2.75, 3.05) is 0 Å². The predicted molar refractivity (Wildman–Crippen MR) is 73.8 cm³/mol. The summed E-state index contributed by atoms with van der Waals surface area (Å²) in [5, 5.41) is 12.1. The lowest BCUT2D eigenvalue weighted by Crippen LogP contribution is -2.45. The molecular formula is C12H16Cl2N2O3. The van der Waals surface area contributed by atoms with Gasteiger partial charge in [-0.15, -0.1) is 0 Å². The van der Waals surface area contributed by atoms with Crippen molar-refractivity contribution in [1.82, 2.24) is 9.88 Å². The van der Waals surface area contributed by atoms with Crippen molar-refractivity contribution in [3.63, 3.8) is 0 Å². The van der Waals surface area contributed by atoms with E-state index in [1.807, 2.05) is 6.92 Å². The van der Waals surface area contributed by atoms with Crippen LogP contribution in [0.1, 0.15) is 30.8 Å². The zero-order valence-electron chi connectivity index (χ0n) is 10.9. The lowest BCUT2D eigenvalue weighted by atomic mass is 9.99. The molecule has 7 heteroatoms. The number of aliphatic carboxylic acids is 1. The van der Waals surface area contributed by atoms with Gasteiger partial charge in [0.1, 0.15) is 16.9 Å². The van der Waals surface area contributed by atoms with Gasteiger partial charge >= 0.3 is 5.97 Å². The molecule has 19 heavy (non-hydrogen) atoms. The number of hydrogen-bond acceptors (Lipinski definition) is 2. The normalized spacial score (nSPS) is 13.9. The molecule has 2 N–H and O–H groups in total. The maximum absolute atomic E-state index is 12.1. The second-order valence-electron chi connectivity index (χ2n) is 4.40. The summed E-state index contributed by atoms with van der Waals surface area (Å²) in [6, 6.07) is 0.472. The molecule has 0 radical (unpaired) electrons. The maximum Gasteiger partial charge on any atom is 0.326 e. The van der Waals surface area contributed by atoms with Gasteiger partial charge in [-0.3, -0.25) is 4.79 Å². The molecule has 5 nitrogen and oxygen atoms in total. The summed E-state index contributed by atoms with van der Waals surface area (Å²) in [5.41, 5.74) is 0.226. The topological polar surface area (TPSA) is 71.3 Å². The quantitative estimate of drug-likeness (QED) is 0.878. The Morgan fingerprint density at radius 3 is 2.42 bits per heavy atom. The van der Waals surface area contributed by atoms with E-state index in [0.717, 1.165) is 0 Å². The van der Waals surface area contributed by atoms with Crippen molar-refractivity contribution in [3.8, 4) is 0 Å². The molecule has 2 atom stereocenters. The third-order valence-corrected chi connectivity index (χ3v) is 3.96. The van der Waals surface area contributed by atoms with Crippen LogP contribution in [-0.2, 0) is 11.8 Å². The number of nitrogens with one attached hydrogen (secondary N) is 1. The average molecular weight is 307 g/mol. The smallest absolute Gasteiger partial charge is 0.326 e. The van der Waals surface area contributed by atoms with Gasteiger partial charge < -0.3 is 15.0 Å². The number of amides is 1. The molecule has 0 spiro atoms. The van der Waals surface area contributed by atoms with Crippen LogP contribution < -0.4 is 5.32 Å². The average Bonchev–Trinajstić information content (AvgIpc) is 2.62. The maximum atomic E-state index is 12.1. The minimum absolute atomic E-state index is 0.173. The molecule has 1 rings (SSSR count). The molecule has 0 bridgehead atoms. The Labute approximate surface area is 121 Å².